The molecular weight excluding hydrogens is 306 g/mol. The van der Waals surface area contributed by atoms with Crippen LogP contribution < -0.4 is 5.32 Å². The highest BCUT2D eigenvalue weighted by molar-refractivity contribution is 8.00. The minimum atomic E-state index is -0.557. The van der Waals surface area contributed by atoms with Crippen molar-refractivity contribution in [3.8, 4) is 0 Å². The first-order valence-electron chi connectivity index (χ1n) is 7.70. The Morgan fingerprint density at radius 3 is 2.48 bits per heavy atom. The fourth-order valence-corrected chi connectivity index (χ4v) is 3.02. The number of thioether (sulfide) groups is 1. The zero-order valence-corrected chi connectivity index (χ0v) is 14.6. The number of aliphatic hydroxyl groups excluding tert-OH is 1. The molecule has 0 saturated heterocycles. The predicted octanol–water partition coefficient (Wildman–Crippen LogP) is 4.10. The molecule has 0 aliphatic rings. The van der Waals surface area contributed by atoms with Gasteiger partial charge < -0.3 is 10.4 Å². The molecule has 2 rings (SSSR count). The fourth-order valence-electron chi connectivity index (χ4n) is 2.15. The number of anilines is 1. The van der Waals surface area contributed by atoms with Gasteiger partial charge in [-0.05, 0) is 49.6 Å². The minimum Gasteiger partial charge on any atom is -0.388 e. The number of hydrogen-bond acceptors (Lipinski definition) is 3. The molecule has 2 aromatic carbocycles. The number of aryl methyl sites for hydroxylation is 2. The highest BCUT2D eigenvalue weighted by Crippen LogP contribution is 2.22. The molecule has 1 amide bonds. The zero-order chi connectivity index (χ0) is 16.8. The van der Waals surface area contributed by atoms with Gasteiger partial charge in [0.25, 0.3) is 0 Å². The van der Waals surface area contributed by atoms with Crippen molar-refractivity contribution >= 4 is 23.4 Å². The Balaban J connectivity index is 1.86. The van der Waals surface area contributed by atoms with Gasteiger partial charge in [0.2, 0.25) is 5.91 Å². The van der Waals surface area contributed by atoms with Crippen LogP contribution >= 0.6 is 11.8 Å². The summed E-state index contributed by atoms with van der Waals surface area (Å²) in [4.78, 5) is 12.2. The SMILES string of the molecule is Cc1ccc(NC(=O)C(C)SCC(O)c2ccccc2)cc1C. The van der Waals surface area contributed by atoms with Crippen LogP contribution in [0, 0.1) is 13.8 Å². The van der Waals surface area contributed by atoms with Gasteiger partial charge in [0, 0.05) is 11.4 Å². The smallest absolute Gasteiger partial charge is 0.237 e. The number of aliphatic hydroxyl groups is 1. The van der Waals surface area contributed by atoms with Crippen LogP contribution in [0.1, 0.15) is 29.7 Å². The van der Waals surface area contributed by atoms with Crippen LogP contribution in [0.5, 0.6) is 0 Å². The number of amides is 1. The van der Waals surface area contributed by atoms with Crippen LogP contribution in [-0.4, -0.2) is 22.0 Å². The van der Waals surface area contributed by atoms with Crippen LogP contribution in [0.25, 0.3) is 0 Å². The van der Waals surface area contributed by atoms with Crippen LogP contribution in [0.15, 0.2) is 48.5 Å². The summed E-state index contributed by atoms with van der Waals surface area (Å²) in [5.41, 5.74) is 4.05. The fraction of sp³-hybridized carbons (Fsp3) is 0.316. The van der Waals surface area contributed by atoms with E-state index < -0.39 is 6.10 Å². The maximum Gasteiger partial charge on any atom is 0.237 e. The van der Waals surface area contributed by atoms with E-state index in [4.69, 9.17) is 0 Å². The maximum atomic E-state index is 12.2. The molecule has 0 aliphatic carbocycles. The Morgan fingerprint density at radius 1 is 1.13 bits per heavy atom. The maximum absolute atomic E-state index is 12.2. The van der Waals surface area contributed by atoms with Crippen molar-refractivity contribution in [2.75, 3.05) is 11.1 Å². The Labute approximate surface area is 142 Å². The first-order valence-corrected chi connectivity index (χ1v) is 8.75. The second-order valence-corrected chi connectivity index (χ2v) is 7.06. The third-order valence-corrected chi connectivity index (χ3v) is 5.05. The van der Waals surface area contributed by atoms with E-state index >= 15 is 0 Å². The van der Waals surface area contributed by atoms with Gasteiger partial charge in [-0.2, -0.15) is 0 Å². The summed E-state index contributed by atoms with van der Waals surface area (Å²) in [6, 6.07) is 15.4. The normalized spacial score (nSPS) is 13.4. The molecule has 0 aliphatic heterocycles. The van der Waals surface area contributed by atoms with Crippen LogP contribution in [-0.2, 0) is 4.79 Å². The van der Waals surface area contributed by atoms with Gasteiger partial charge in [-0.3, -0.25) is 4.79 Å². The highest BCUT2D eigenvalue weighted by Gasteiger charge is 2.16. The number of benzene rings is 2. The van der Waals surface area contributed by atoms with Crippen molar-refractivity contribution in [2.24, 2.45) is 0 Å². The average Bonchev–Trinajstić information content (AvgIpc) is 2.56. The second kappa shape index (κ2) is 8.18. The van der Waals surface area contributed by atoms with E-state index in [1.54, 1.807) is 0 Å². The second-order valence-electron chi connectivity index (χ2n) is 5.69. The Bertz CT molecular complexity index is 658. The molecule has 2 unspecified atom stereocenters. The van der Waals surface area contributed by atoms with Gasteiger partial charge in [-0.25, -0.2) is 0 Å². The number of hydrogen-bond donors (Lipinski definition) is 2. The van der Waals surface area contributed by atoms with Crippen LogP contribution in [0.3, 0.4) is 0 Å². The summed E-state index contributed by atoms with van der Waals surface area (Å²) in [6.07, 6.45) is -0.557. The first-order chi connectivity index (χ1) is 11.0. The van der Waals surface area contributed by atoms with Crippen LogP contribution in [0.4, 0.5) is 5.69 Å². The molecule has 23 heavy (non-hydrogen) atoms. The quantitative estimate of drug-likeness (QED) is 0.839. The summed E-state index contributed by atoms with van der Waals surface area (Å²) in [7, 11) is 0. The van der Waals surface area contributed by atoms with Crippen molar-refractivity contribution in [3.05, 3.63) is 65.2 Å². The summed E-state index contributed by atoms with van der Waals surface area (Å²) in [6.45, 7) is 5.93. The van der Waals surface area contributed by atoms with Crippen molar-refractivity contribution in [1.82, 2.24) is 0 Å². The standard InChI is InChI=1S/C19H23NO2S/c1-13-9-10-17(11-14(13)2)20-19(22)15(3)23-12-18(21)16-7-5-4-6-8-16/h4-11,15,18,21H,12H2,1-3H3,(H,20,22). The zero-order valence-electron chi connectivity index (χ0n) is 13.7. The van der Waals surface area contributed by atoms with E-state index in [1.165, 1.54) is 17.3 Å². The Hall–Kier alpha value is -1.78. The third-order valence-electron chi connectivity index (χ3n) is 3.83. The largest absolute Gasteiger partial charge is 0.388 e. The van der Waals surface area contributed by atoms with E-state index in [1.807, 2.05) is 69.3 Å². The molecule has 0 bridgehead atoms. The lowest BCUT2D eigenvalue weighted by Gasteiger charge is -2.15. The summed E-state index contributed by atoms with van der Waals surface area (Å²) in [5, 5.41) is 12.9. The Kier molecular flexibility index (Phi) is 6.25. The Morgan fingerprint density at radius 2 is 1.83 bits per heavy atom. The summed E-state index contributed by atoms with van der Waals surface area (Å²) < 4.78 is 0. The van der Waals surface area contributed by atoms with E-state index in [9.17, 15) is 9.90 Å². The molecule has 2 aromatic rings. The van der Waals surface area contributed by atoms with E-state index in [0.717, 1.165) is 16.8 Å². The van der Waals surface area contributed by atoms with Crippen molar-refractivity contribution in [2.45, 2.75) is 32.1 Å². The topological polar surface area (TPSA) is 49.3 Å². The van der Waals surface area contributed by atoms with Crippen molar-refractivity contribution in [1.29, 1.82) is 0 Å². The lowest BCUT2D eigenvalue weighted by molar-refractivity contribution is -0.115. The molecule has 3 nitrogen and oxygen atoms in total. The van der Waals surface area contributed by atoms with E-state index in [0.29, 0.717) is 5.75 Å². The lowest BCUT2D eigenvalue weighted by atomic mass is 10.1. The molecule has 0 heterocycles. The van der Waals surface area contributed by atoms with Crippen molar-refractivity contribution < 1.29 is 9.90 Å². The minimum absolute atomic E-state index is 0.0430. The average molecular weight is 329 g/mol. The monoisotopic (exact) mass is 329 g/mol. The first kappa shape index (κ1) is 17.6. The molecule has 0 spiro atoms. The molecular formula is C19H23NO2S. The number of carbonyl (C=O) groups is 1. The lowest BCUT2D eigenvalue weighted by Crippen LogP contribution is -2.23. The third kappa shape index (κ3) is 5.12. The van der Waals surface area contributed by atoms with Gasteiger partial charge in [-0.15, -0.1) is 11.8 Å². The highest BCUT2D eigenvalue weighted by atomic mass is 32.2. The number of nitrogens with one attached hydrogen (secondary N) is 1. The predicted molar refractivity (Wildman–Crippen MR) is 97.9 cm³/mol. The molecule has 122 valence electrons. The molecule has 2 atom stereocenters. The van der Waals surface area contributed by atoms with Gasteiger partial charge in [0.05, 0.1) is 11.4 Å². The van der Waals surface area contributed by atoms with Gasteiger partial charge >= 0.3 is 0 Å². The molecule has 0 radical (unpaired) electrons. The molecule has 0 fully saturated rings. The van der Waals surface area contributed by atoms with Gasteiger partial charge in [0.1, 0.15) is 0 Å². The molecule has 0 saturated carbocycles. The molecule has 0 aromatic heterocycles. The van der Waals surface area contributed by atoms with Gasteiger partial charge in [-0.1, -0.05) is 36.4 Å². The number of carbonyl (C=O) groups excluding carboxylic acids is 1. The summed E-state index contributed by atoms with van der Waals surface area (Å²) >= 11 is 1.45. The van der Waals surface area contributed by atoms with Crippen LogP contribution in [0.2, 0.25) is 0 Å². The molecule has 4 heteroatoms. The van der Waals surface area contributed by atoms with E-state index in [2.05, 4.69) is 5.32 Å². The summed E-state index contributed by atoms with van der Waals surface area (Å²) in [5.74, 6) is 0.449. The number of rotatable bonds is 6. The molecule has 2 N–H and O–H groups in total. The van der Waals surface area contributed by atoms with Gasteiger partial charge in [0.15, 0.2) is 0 Å². The van der Waals surface area contributed by atoms with Crippen molar-refractivity contribution in [3.63, 3.8) is 0 Å². The van der Waals surface area contributed by atoms with E-state index in [-0.39, 0.29) is 11.2 Å².